The number of benzene rings is 2. The van der Waals surface area contributed by atoms with Crippen LogP contribution in [0.25, 0.3) is 16.0 Å². The molecule has 0 saturated carbocycles. The van der Waals surface area contributed by atoms with Crippen LogP contribution >= 0.6 is 11.3 Å². The van der Waals surface area contributed by atoms with Crippen molar-refractivity contribution in [2.24, 2.45) is 5.41 Å². The summed E-state index contributed by atoms with van der Waals surface area (Å²) in [6.07, 6.45) is 11.0. The lowest BCUT2D eigenvalue weighted by atomic mass is 9.73. The summed E-state index contributed by atoms with van der Waals surface area (Å²) in [5, 5.41) is 3.05. The van der Waals surface area contributed by atoms with Crippen molar-refractivity contribution in [2.45, 2.75) is 40.0 Å². The Bertz CT molecular complexity index is 1990. The number of halogens is 1. The van der Waals surface area contributed by atoms with Crippen LogP contribution in [0.15, 0.2) is 79.0 Å². The van der Waals surface area contributed by atoms with Gasteiger partial charge in [-0.15, -0.1) is 11.3 Å². The number of aryl methyl sites for hydroxylation is 1. The molecule has 1 N–H and O–H groups in total. The first-order valence-corrected chi connectivity index (χ1v) is 18.1. The molecular formula is C41H43FN4O4S. The van der Waals surface area contributed by atoms with E-state index in [1.807, 2.05) is 57.4 Å². The van der Waals surface area contributed by atoms with Crippen molar-refractivity contribution in [3.05, 3.63) is 112 Å². The van der Waals surface area contributed by atoms with E-state index < -0.39 is 0 Å². The van der Waals surface area contributed by atoms with E-state index in [1.54, 1.807) is 40.5 Å². The van der Waals surface area contributed by atoms with E-state index in [9.17, 15) is 18.8 Å². The molecule has 8 nitrogen and oxygen atoms in total. The fourth-order valence-electron chi connectivity index (χ4n) is 6.90. The minimum atomic E-state index is -0.379. The van der Waals surface area contributed by atoms with Crippen LogP contribution in [-0.4, -0.2) is 62.9 Å². The number of ether oxygens (including phenoxy) is 1. The summed E-state index contributed by atoms with van der Waals surface area (Å²) in [5.41, 5.74) is 7.11. The number of aldehydes is 1. The number of hydrogen-bond donors (Lipinski definition) is 1. The minimum Gasteiger partial charge on any atom is -0.388 e. The summed E-state index contributed by atoms with van der Waals surface area (Å²) in [6, 6.07) is 15.9. The molecule has 7 rings (SSSR count). The summed E-state index contributed by atoms with van der Waals surface area (Å²) >= 11 is 1.60. The number of rotatable bonds is 7. The SMILES string of the molecule is C/C=C(\C=C/C(C)=O)c1cc2c(s1)-c1ccc(F)cc1N(C(=O)c1ccc(NC)cc1)CC2.Cc1cnc(N2CC3(CCOCC3)C2)c(C=O)c1. The summed E-state index contributed by atoms with van der Waals surface area (Å²) in [7, 11) is 1.83. The molecule has 4 aromatic rings. The average molecular weight is 707 g/mol. The molecule has 0 radical (unpaired) electrons. The first-order valence-electron chi connectivity index (χ1n) is 17.3. The number of allylic oxidation sites excluding steroid dienone is 4. The predicted molar refractivity (Wildman–Crippen MR) is 204 cm³/mol. The molecule has 3 aliphatic heterocycles. The summed E-state index contributed by atoms with van der Waals surface area (Å²) < 4.78 is 19.7. The number of ketones is 1. The van der Waals surface area contributed by atoms with Gasteiger partial charge in [0.2, 0.25) is 0 Å². The van der Waals surface area contributed by atoms with Crippen LogP contribution in [0.2, 0.25) is 0 Å². The van der Waals surface area contributed by atoms with Gasteiger partial charge in [0.25, 0.3) is 5.91 Å². The van der Waals surface area contributed by atoms with Crippen LogP contribution in [0.5, 0.6) is 0 Å². The van der Waals surface area contributed by atoms with E-state index in [0.717, 1.165) is 89.0 Å². The number of carbonyl (C=O) groups is 3. The molecule has 1 amide bonds. The zero-order valence-electron chi connectivity index (χ0n) is 29.5. The van der Waals surface area contributed by atoms with Crippen molar-refractivity contribution in [2.75, 3.05) is 55.0 Å². The van der Waals surface area contributed by atoms with E-state index in [4.69, 9.17) is 4.74 Å². The maximum Gasteiger partial charge on any atom is 0.258 e. The highest BCUT2D eigenvalue weighted by Gasteiger charge is 2.44. The number of thiophene rings is 1. The molecule has 51 heavy (non-hydrogen) atoms. The largest absolute Gasteiger partial charge is 0.388 e. The molecule has 0 unspecified atom stereocenters. The average Bonchev–Trinajstić information content (AvgIpc) is 3.48. The third-order valence-electron chi connectivity index (χ3n) is 9.73. The van der Waals surface area contributed by atoms with Crippen LogP contribution in [0.4, 0.5) is 21.6 Å². The highest BCUT2D eigenvalue weighted by molar-refractivity contribution is 7.17. The predicted octanol–water partition coefficient (Wildman–Crippen LogP) is 8.17. The molecule has 10 heteroatoms. The van der Waals surface area contributed by atoms with Gasteiger partial charge in [0, 0.05) is 78.1 Å². The number of anilines is 3. The standard InChI is InChI=1S/C27H25FN2O2S.C14H18N2O2/c1-4-18(6-5-17(2)31)25-15-20-13-14-30(27(32)19-7-10-22(29-3)11-8-19)24-16-21(28)9-12-23(24)26(20)33-25;1-11-6-12(8-17)13(15-7-11)16-9-14(10-16)2-4-18-5-3-14/h4-12,15-16,29H,13-14H2,1-3H3;6-8H,2-5,9-10H2,1H3/b6-5-,18-4+;. The maximum absolute atomic E-state index is 14.3. The number of pyridine rings is 1. The molecular weight excluding hydrogens is 664 g/mol. The Morgan fingerprint density at radius 1 is 1.04 bits per heavy atom. The lowest BCUT2D eigenvalue weighted by Gasteiger charge is -2.53. The van der Waals surface area contributed by atoms with Crippen molar-refractivity contribution in [3.8, 4) is 10.4 Å². The molecule has 3 aliphatic rings. The molecule has 5 heterocycles. The fourth-order valence-corrected chi connectivity index (χ4v) is 8.20. The Hall–Kier alpha value is -4.93. The number of fused-ring (bicyclic) bond motifs is 3. The lowest BCUT2D eigenvalue weighted by molar-refractivity contribution is -0.112. The number of amides is 1. The van der Waals surface area contributed by atoms with Crippen LogP contribution in [-0.2, 0) is 16.0 Å². The molecule has 2 aromatic carbocycles. The lowest BCUT2D eigenvalue weighted by Crippen LogP contribution is -2.59. The number of nitrogens with one attached hydrogen (secondary N) is 1. The number of aromatic nitrogens is 1. The normalized spacial score (nSPS) is 16.4. The Morgan fingerprint density at radius 2 is 1.78 bits per heavy atom. The summed E-state index contributed by atoms with van der Waals surface area (Å²) in [4.78, 5) is 46.3. The smallest absolute Gasteiger partial charge is 0.258 e. The van der Waals surface area contributed by atoms with Gasteiger partial charge in [-0.05, 0) is 117 Å². The molecule has 2 fully saturated rings. The molecule has 0 atom stereocenters. The zero-order chi connectivity index (χ0) is 36.1. The van der Waals surface area contributed by atoms with Gasteiger partial charge in [-0.25, -0.2) is 9.37 Å². The molecule has 0 bridgehead atoms. The van der Waals surface area contributed by atoms with E-state index in [2.05, 4.69) is 21.3 Å². The molecule has 1 spiro atoms. The van der Waals surface area contributed by atoms with E-state index in [-0.39, 0.29) is 17.5 Å². The van der Waals surface area contributed by atoms with Crippen molar-refractivity contribution in [1.82, 2.24) is 4.98 Å². The van der Waals surface area contributed by atoms with Crippen molar-refractivity contribution >= 4 is 52.1 Å². The third kappa shape index (κ3) is 7.87. The van der Waals surface area contributed by atoms with E-state index in [0.29, 0.717) is 35.2 Å². The van der Waals surface area contributed by atoms with Crippen molar-refractivity contribution < 1.29 is 23.5 Å². The fraction of sp³-hybridized carbons (Fsp3) is 0.317. The van der Waals surface area contributed by atoms with Crippen molar-refractivity contribution in [3.63, 3.8) is 0 Å². The summed E-state index contributed by atoms with van der Waals surface area (Å²) in [5.74, 6) is 0.298. The Labute approximate surface area is 302 Å². The third-order valence-corrected chi connectivity index (χ3v) is 11.0. The van der Waals surface area contributed by atoms with E-state index in [1.165, 1.54) is 19.1 Å². The maximum atomic E-state index is 14.3. The zero-order valence-corrected chi connectivity index (χ0v) is 30.3. The van der Waals surface area contributed by atoms with Gasteiger partial charge in [0.1, 0.15) is 11.6 Å². The highest BCUT2D eigenvalue weighted by Crippen LogP contribution is 2.44. The second kappa shape index (κ2) is 15.5. The van der Waals surface area contributed by atoms with Gasteiger partial charge in [-0.1, -0.05) is 12.2 Å². The van der Waals surface area contributed by atoms with Gasteiger partial charge < -0.3 is 19.9 Å². The van der Waals surface area contributed by atoms with Crippen molar-refractivity contribution in [1.29, 1.82) is 0 Å². The molecule has 264 valence electrons. The Balaban J connectivity index is 0.000000208. The van der Waals surface area contributed by atoms with Gasteiger partial charge >= 0.3 is 0 Å². The Morgan fingerprint density at radius 3 is 2.45 bits per heavy atom. The van der Waals surface area contributed by atoms with Crippen LogP contribution < -0.4 is 15.1 Å². The topological polar surface area (TPSA) is 91.8 Å². The van der Waals surface area contributed by atoms with Crippen LogP contribution in [0.1, 0.15) is 63.4 Å². The number of nitrogens with zero attached hydrogens (tertiary/aromatic N) is 3. The van der Waals surface area contributed by atoms with Gasteiger partial charge in [-0.3, -0.25) is 14.4 Å². The first kappa shape index (κ1) is 35.9. The van der Waals surface area contributed by atoms with Gasteiger partial charge in [-0.2, -0.15) is 0 Å². The highest BCUT2D eigenvalue weighted by atomic mass is 32.1. The second-order valence-electron chi connectivity index (χ2n) is 13.4. The van der Waals surface area contributed by atoms with Crippen LogP contribution in [0, 0.1) is 18.2 Å². The van der Waals surface area contributed by atoms with E-state index >= 15 is 0 Å². The Kier molecular flexibility index (Phi) is 10.9. The van der Waals surface area contributed by atoms with Gasteiger partial charge in [0.15, 0.2) is 12.1 Å². The van der Waals surface area contributed by atoms with Crippen LogP contribution in [0.3, 0.4) is 0 Å². The van der Waals surface area contributed by atoms with Gasteiger partial charge in [0.05, 0.1) is 11.3 Å². The number of hydrogen-bond acceptors (Lipinski definition) is 8. The molecule has 2 saturated heterocycles. The quantitative estimate of drug-likeness (QED) is 0.118. The molecule has 0 aliphatic carbocycles. The monoisotopic (exact) mass is 706 g/mol. The molecule has 2 aromatic heterocycles. The minimum absolute atomic E-state index is 0.00908. The summed E-state index contributed by atoms with van der Waals surface area (Å²) in [6.45, 7) is 9.62. The first-order chi connectivity index (χ1) is 24.6. The second-order valence-corrected chi connectivity index (χ2v) is 14.4. The number of carbonyl (C=O) groups excluding carboxylic acids is 3.